The maximum absolute atomic E-state index is 3.30. The fourth-order valence-corrected chi connectivity index (χ4v) is 2.74. The van der Waals surface area contributed by atoms with Crippen molar-refractivity contribution < 1.29 is 0 Å². The highest BCUT2D eigenvalue weighted by atomic mass is 14.1. The SMILES string of the molecule is [C]1=Cc2c(ccc3c2ccc2ccccc23)C1. The summed E-state index contributed by atoms with van der Waals surface area (Å²) in [6, 6.07) is 17.5. The number of fused-ring (bicyclic) bond motifs is 5. The van der Waals surface area contributed by atoms with Gasteiger partial charge < -0.3 is 0 Å². The molecule has 1 radical (unpaired) electrons. The second kappa shape index (κ2) is 3.21. The maximum Gasteiger partial charge on any atom is -0.00165 e. The van der Waals surface area contributed by atoms with Gasteiger partial charge in [0, 0.05) is 0 Å². The molecule has 3 aromatic rings. The van der Waals surface area contributed by atoms with Crippen LogP contribution in [-0.4, -0.2) is 0 Å². The maximum atomic E-state index is 3.30. The van der Waals surface area contributed by atoms with Crippen LogP contribution in [0.15, 0.2) is 48.5 Å². The Labute approximate surface area is 100 Å². The zero-order valence-corrected chi connectivity index (χ0v) is 9.40. The molecule has 0 heteroatoms. The zero-order valence-electron chi connectivity index (χ0n) is 9.40. The van der Waals surface area contributed by atoms with Gasteiger partial charge in [-0.2, -0.15) is 0 Å². The molecule has 0 atom stereocenters. The van der Waals surface area contributed by atoms with E-state index in [-0.39, 0.29) is 0 Å². The van der Waals surface area contributed by atoms with Crippen molar-refractivity contribution >= 4 is 27.6 Å². The summed E-state index contributed by atoms with van der Waals surface area (Å²) in [7, 11) is 0. The average Bonchev–Trinajstić information content (AvgIpc) is 2.86. The standard InChI is InChI=1S/C17H11/c1-2-6-14-12(4-1)8-10-17-15-7-3-5-13(15)9-11-16(14)17/h1-2,4,6-11H,5H2. The third-order valence-corrected chi connectivity index (χ3v) is 3.60. The molecule has 1 aliphatic carbocycles. The van der Waals surface area contributed by atoms with E-state index in [2.05, 4.69) is 60.7 Å². The molecule has 0 saturated heterocycles. The van der Waals surface area contributed by atoms with Gasteiger partial charge >= 0.3 is 0 Å². The fourth-order valence-electron chi connectivity index (χ4n) is 2.74. The number of hydrogen-bond acceptors (Lipinski definition) is 0. The highest BCUT2D eigenvalue weighted by molar-refractivity contribution is 6.10. The number of benzene rings is 3. The zero-order chi connectivity index (χ0) is 11.2. The molecular weight excluding hydrogens is 204 g/mol. The van der Waals surface area contributed by atoms with Crippen molar-refractivity contribution in [3.63, 3.8) is 0 Å². The van der Waals surface area contributed by atoms with Crippen molar-refractivity contribution in [3.8, 4) is 0 Å². The molecule has 0 N–H and O–H groups in total. The lowest BCUT2D eigenvalue weighted by molar-refractivity contribution is 1.29. The van der Waals surface area contributed by atoms with E-state index in [1.54, 1.807) is 0 Å². The van der Waals surface area contributed by atoms with E-state index in [1.807, 2.05) is 0 Å². The van der Waals surface area contributed by atoms with Crippen LogP contribution in [-0.2, 0) is 6.42 Å². The van der Waals surface area contributed by atoms with Crippen LogP contribution in [0.3, 0.4) is 0 Å². The molecule has 1 aliphatic rings. The van der Waals surface area contributed by atoms with Crippen molar-refractivity contribution in [2.45, 2.75) is 6.42 Å². The van der Waals surface area contributed by atoms with Crippen LogP contribution < -0.4 is 0 Å². The van der Waals surface area contributed by atoms with E-state index in [0.717, 1.165) is 6.42 Å². The molecular formula is C17H11. The third kappa shape index (κ3) is 1.18. The Kier molecular flexibility index (Phi) is 1.70. The topological polar surface area (TPSA) is 0 Å². The van der Waals surface area contributed by atoms with Gasteiger partial charge in [-0.1, -0.05) is 54.6 Å². The Morgan fingerprint density at radius 2 is 1.65 bits per heavy atom. The van der Waals surface area contributed by atoms with Gasteiger partial charge in [-0.25, -0.2) is 0 Å². The number of allylic oxidation sites excluding steroid dienone is 1. The molecule has 17 heavy (non-hydrogen) atoms. The summed E-state index contributed by atoms with van der Waals surface area (Å²) in [5.41, 5.74) is 2.75. The first kappa shape index (κ1) is 9.00. The minimum atomic E-state index is 0.956. The van der Waals surface area contributed by atoms with Gasteiger partial charge in [0.15, 0.2) is 0 Å². The Morgan fingerprint density at radius 3 is 2.65 bits per heavy atom. The van der Waals surface area contributed by atoms with Crippen LogP contribution in [0.5, 0.6) is 0 Å². The Bertz CT molecular complexity index is 763. The first-order valence-electron chi connectivity index (χ1n) is 5.93. The molecule has 0 heterocycles. The van der Waals surface area contributed by atoms with Crippen LogP contribution in [0.4, 0.5) is 0 Å². The molecule has 0 fully saturated rings. The third-order valence-electron chi connectivity index (χ3n) is 3.60. The Hall–Kier alpha value is -2.08. The number of hydrogen-bond donors (Lipinski definition) is 0. The second-order valence-corrected chi connectivity index (χ2v) is 4.55. The fraction of sp³-hybridized carbons (Fsp3) is 0.0588. The van der Waals surface area contributed by atoms with Crippen molar-refractivity contribution in [1.29, 1.82) is 0 Å². The molecule has 3 aromatic carbocycles. The molecule has 0 unspecified atom stereocenters. The lowest BCUT2D eigenvalue weighted by atomic mass is 9.96. The molecule has 0 saturated carbocycles. The lowest BCUT2D eigenvalue weighted by Gasteiger charge is -2.08. The number of rotatable bonds is 0. The Balaban J connectivity index is 2.25. The van der Waals surface area contributed by atoms with Crippen LogP contribution >= 0.6 is 0 Å². The quantitative estimate of drug-likeness (QED) is 0.488. The van der Waals surface area contributed by atoms with Crippen molar-refractivity contribution in [2.24, 2.45) is 0 Å². The molecule has 0 bridgehead atoms. The lowest BCUT2D eigenvalue weighted by Crippen LogP contribution is -1.85. The normalized spacial score (nSPS) is 13.4. The van der Waals surface area contributed by atoms with E-state index in [4.69, 9.17) is 0 Å². The molecule has 4 rings (SSSR count). The monoisotopic (exact) mass is 215 g/mol. The first-order valence-corrected chi connectivity index (χ1v) is 5.93. The summed E-state index contributed by atoms with van der Waals surface area (Å²) in [6.45, 7) is 0. The van der Waals surface area contributed by atoms with Gasteiger partial charge in [0.2, 0.25) is 0 Å². The highest BCUT2D eigenvalue weighted by Crippen LogP contribution is 2.32. The van der Waals surface area contributed by atoms with Gasteiger partial charge in [-0.05, 0) is 45.2 Å². The summed E-state index contributed by atoms with van der Waals surface area (Å²) in [4.78, 5) is 0. The molecule has 0 aromatic heterocycles. The minimum Gasteiger partial charge on any atom is -0.0616 e. The molecule has 79 valence electrons. The largest absolute Gasteiger partial charge is 0.0616 e. The van der Waals surface area contributed by atoms with E-state index < -0.39 is 0 Å². The van der Waals surface area contributed by atoms with Gasteiger partial charge in [0.1, 0.15) is 0 Å². The van der Waals surface area contributed by atoms with Crippen molar-refractivity contribution in [2.75, 3.05) is 0 Å². The van der Waals surface area contributed by atoms with E-state index in [0.29, 0.717) is 0 Å². The smallest absolute Gasteiger partial charge is 0.00165 e. The Morgan fingerprint density at radius 1 is 0.765 bits per heavy atom. The second-order valence-electron chi connectivity index (χ2n) is 4.55. The summed E-state index contributed by atoms with van der Waals surface area (Å²) in [6.07, 6.45) is 6.39. The molecule has 0 amide bonds. The van der Waals surface area contributed by atoms with Crippen molar-refractivity contribution in [3.05, 3.63) is 65.7 Å². The van der Waals surface area contributed by atoms with Crippen molar-refractivity contribution in [1.82, 2.24) is 0 Å². The van der Waals surface area contributed by atoms with E-state index >= 15 is 0 Å². The molecule has 0 spiro atoms. The van der Waals surface area contributed by atoms with Crippen LogP contribution in [0.25, 0.3) is 27.6 Å². The van der Waals surface area contributed by atoms with Gasteiger partial charge in [0.25, 0.3) is 0 Å². The summed E-state index contributed by atoms with van der Waals surface area (Å²) in [5.74, 6) is 0. The predicted molar refractivity (Wildman–Crippen MR) is 72.9 cm³/mol. The first-order chi connectivity index (χ1) is 8.43. The molecule has 0 aliphatic heterocycles. The summed E-state index contributed by atoms with van der Waals surface area (Å²) in [5, 5.41) is 5.35. The van der Waals surface area contributed by atoms with Crippen LogP contribution in [0, 0.1) is 6.08 Å². The van der Waals surface area contributed by atoms with Gasteiger partial charge in [-0.15, -0.1) is 0 Å². The summed E-state index contributed by atoms with van der Waals surface area (Å²) >= 11 is 0. The predicted octanol–water partition coefficient (Wildman–Crippen LogP) is 4.37. The van der Waals surface area contributed by atoms with Crippen LogP contribution in [0.1, 0.15) is 11.1 Å². The highest BCUT2D eigenvalue weighted by Gasteiger charge is 2.10. The van der Waals surface area contributed by atoms with Gasteiger partial charge in [0.05, 0.1) is 0 Å². The van der Waals surface area contributed by atoms with E-state index in [9.17, 15) is 0 Å². The molecule has 0 nitrogen and oxygen atoms in total. The van der Waals surface area contributed by atoms with Crippen LogP contribution in [0.2, 0.25) is 0 Å². The average molecular weight is 215 g/mol. The minimum absolute atomic E-state index is 0.956. The van der Waals surface area contributed by atoms with E-state index in [1.165, 1.54) is 32.7 Å². The van der Waals surface area contributed by atoms with Gasteiger partial charge in [-0.3, -0.25) is 0 Å². The summed E-state index contributed by atoms with van der Waals surface area (Å²) < 4.78 is 0.